The smallest absolute Gasteiger partial charge is 0.338 e. The Morgan fingerprint density at radius 1 is 1.42 bits per heavy atom. The molecule has 0 aliphatic rings. The number of fused-ring (bicyclic) bond motifs is 1. The molecule has 3 rings (SSSR count). The van der Waals surface area contributed by atoms with Crippen LogP contribution in [-0.2, 0) is 0 Å². The van der Waals surface area contributed by atoms with Crippen molar-refractivity contribution in [1.29, 1.82) is 0 Å². The van der Waals surface area contributed by atoms with Crippen LogP contribution in [0.4, 0.5) is 0 Å². The van der Waals surface area contributed by atoms with Crippen LogP contribution in [0.15, 0.2) is 35.0 Å². The maximum atomic E-state index is 11.1. The number of carbonyl (C=O) groups is 1. The lowest BCUT2D eigenvalue weighted by Crippen LogP contribution is -2.07. The predicted molar refractivity (Wildman–Crippen MR) is 72.6 cm³/mol. The van der Waals surface area contributed by atoms with E-state index in [1.165, 1.54) is 0 Å². The van der Waals surface area contributed by atoms with Gasteiger partial charge in [0.2, 0.25) is 0 Å². The molecular formula is C13H11N3O2S. The first-order valence-electron chi connectivity index (χ1n) is 5.78. The molecule has 3 aromatic rings. The average Bonchev–Trinajstić information content (AvgIpc) is 3.06. The highest BCUT2D eigenvalue weighted by molar-refractivity contribution is 7.07. The SMILES string of the molecule is CC(c1ccsc1)n1nnc2c(C(=O)O)cccc21. The Morgan fingerprint density at radius 2 is 2.26 bits per heavy atom. The molecule has 0 amide bonds. The number of rotatable bonds is 3. The molecule has 5 nitrogen and oxygen atoms in total. The van der Waals surface area contributed by atoms with Gasteiger partial charge in [0, 0.05) is 0 Å². The molecule has 0 radical (unpaired) electrons. The summed E-state index contributed by atoms with van der Waals surface area (Å²) < 4.78 is 1.75. The Kier molecular flexibility index (Phi) is 2.79. The summed E-state index contributed by atoms with van der Waals surface area (Å²) in [7, 11) is 0. The van der Waals surface area contributed by atoms with Crippen molar-refractivity contribution in [2.75, 3.05) is 0 Å². The summed E-state index contributed by atoms with van der Waals surface area (Å²) in [6, 6.07) is 7.15. The number of aromatic nitrogens is 3. The molecule has 0 aliphatic carbocycles. The van der Waals surface area contributed by atoms with E-state index < -0.39 is 5.97 Å². The van der Waals surface area contributed by atoms with Crippen molar-refractivity contribution in [2.45, 2.75) is 13.0 Å². The molecule has 1 aromatic carbocycles. The van der Waals surface area contributed by atoms with E-state index in [4.69, 9.17) is 5.11 Å². The van der Waals surface area contributed by atoms with Crippen LogP contribution in [0.1, 0.15) is 28.9 Å². The van der Waals surface area contributed by atoms with Gasteiger partial charge in [0.1, 0.15) is 5.52 Å². The number of carboxylic acid groups (broad SMARTS) is 1. The van der Waals surface area contributed by atoms with E-state index in [1.54, 1.807) is 28.2 Å². The molecule has 0 spiro atoms. The van der Waals surface area contributed by atoms with Gasteiger partial charge in [-0.15, -0.1) is 5.10 Å². The van der Waals surface area contributed by atoms with Crippen molar-refractivity contribution in [1.82, 2.24) is 15.0 Å². The summed E-state index contributed by atoms with van der Waals surface area (Å²) in [4.78, 5) is 11.1. The monoisotopic (exact) mass is 273 g/mol. The zero-order valence-corrected chi connectivity index (χ0v) is 11.0. The summed E-state index contributed by atoms with van der Waals surface area (Å²) in [5, 5.41) is 21.3. The summed E-state index contributed by atoms with van der Waals surface area (Å²) in [5.41, 5.74) is 2.48. The summed E-state index contributed by atoms with van der Waals surface area (Å²) in [6.07, 6.45) is 0. The first-order chi connectivity index (χ1) is 9.18. The number of thiophene rings is 1. The molecule has 1 N–H and O–H groups in total. The van der Waals surface area contributed by atoms with E-state index in [0.29, 0.717) is 5.52 Å². The molecule has 0 bridgehead atoms. The number of hydrogen-bond donors (Lipinski definition) is 1. The van der Waals surface area contributed by atoms with E-state index in [2.05, 4.69) is 15.7 Å². The fourth-order valence-electron chi connectivity index (χ4n) is 2.07. The molecule has 1 atom stereocenters. The van der Waals surface area contributed by atoms with Gasteiger partial charge >= 0.3 is 5.97 Å². The molecule has 0 fully saturated rings. The highest BCUT2D eigenvalue weighted by atomic mass is 32.1. The van der Waals surface area contributed by atoms with Crippen LogP contribution in [0.25, 0.3) is 11.0 Å². The summed E-state index contributed by atoms with van der Waals surface area (Å²) >= 11 is 1.62. The molecule has 6 heteroatoms. The number of hydrogen-bond acceptors (Lipinski definition) is 4. The van der Waals surface area contributed by atoms with Gasteiger partial charge in [-0.3, -0.25) is 0 Å². The Balaban J connectivity index is 2.16. The van der Waals surface area contributed by atoms with Crippen LogP contribution in [-0.4, -0.2) is 26.1 Å². The first-order valence-corrected chi connectivity index (χ1v) is 6.72. The molecule has 19 heavy (non-hydrogen) atoms. The Labute approximate surface area is 113 Å². The van der Waals surface area contributed by atoms with Gasteiger partial charge < -0.3 is 5.11 Å². The summed E-state index contributed by atoms with van der Waals surface area (Å²) in [6.45, 7) is 2.02. The van der Waals surface area contributed by atoms with Gasteiger partial charge in [-0.05, 0) is 41.4 Å². The van der Waals surface area contributed by atoms with Crippen LogP contribution < -0.4 is 0 Å². The van der Waals surface area contributed by atoms with Crippen LogP contribution in [0, 0.1) is 0 Å². The van der Waals surface area contributed by atoms with Gasteiger partial charge in [0.05, 0.1) is 17.1 Å². The first kappa shape index (κ1) is 11.9. The normalized spacial score (nSPS) is 12.7. The van der Waals surface area contributed by atoms with Crippen molar-refractivity contribution in [2.24, 2.45) is 0 Å². The van der Waals surface area contributed by atoms with Crippen LogP contribution in [0.2, 0.25) is 0 Å². The van der Waals surface area contributed by atoms with Crippen molar-refractivity contribution in [3.05, 3.63) is 46.2 Å². The average molecular weight is 273 g/mol. The second-order valence-corrected chi connectivity index (χ2v) is 5.03. The molecule has 0 saturated carbocycles. The molecule has 2 heterocycles. The minimum Gasteiger partial charge on any atom is -0.478 e. The molecule has 1 unspecified atom stereocenters. The van der Waals surface area contributed by atoms with Crippen molar-refractivity contribution >= 4 is 28.3 Å². The summed E-state index contributed by atoms with van der Waals surface area (Å²) in [5.74, 6) is -0.985. The second kappa shape index (κ2) is 4.47. The maximum absolute atomic E-state index is 11.1. The van der Waals surface area contributed by atoms with Gasteiger partial charge in [-0.25, -0.2) is 9.48 Å². The van der Waals surface area contributed by atoms with Crippen molar-refractivity contribution < 1.29 is 9.90 Å². The number of nitrogens with zero attached hydrogens (tertiary/aromatic N) is 3. The minimum absolute atomic E-state index is 0.0281. The third-order valence-electron chi connectivity index (χ3n) is 3.13. The molecule has 96 valence electrons. The molecular weight excluding hydrogens is 262 g/mol. The third kappa shape index (κ3) is 1.90. The molecule has 0 saturated heterocycles. The Morgan fingerprint density at radius 3 is 2.95 bits per heavy atom. The molecule has 2 aromatic heterocycles. The standard InChI is InChI=1S/C13H11N3O2S/c1-8(9-5-6-19-7-9)16-11-4-2-3-10(13(17)18)12(11)14-15-16/h2-8H,1H3,(H,17,18). The highest BCUT2D eigenvalue weighted by Gasteiger charge is 2.17. The highest BCUT2D eigenvalue weighted by Crippen LogP contribution is 2.24. The van der Waals surface area contributed by atoms with Crippen molar-refractivity contribution in [3.8, 4) is 0 Å². The van der Waals surface area contributed by atoms with E-state index >= 15 is 0 Å². The third-order valence-corrected chi connectivity index (χ3v) is 3.83. The van der Waals surface area contributed by atoms with Gasteiger partial charge in [0.15, 0.2) is 0 Å². The van der Waals surface area contributed by atoms with Crippen molar-refractivity contribution in [3.63, 3.8) is 0 Å². The van der Waals surface area contributed by atoms with Gasteiger partial charge in [0.25, 0.3) is 0 Å². The fraction of sp³-hybridized carbons (Fsp3) is 0.154. The molecule has 0 aliphatic heterocycles. The van der Waals surface area contributed by atoms with E-state index in [9.17, 15) is 4.79 Å². The predicted octanol–water partition coefficient (Wildman–Crippen LogP) is 2.80. The van der Waals surface area contributed by atoms with Crippen LogP contribution in [0.3, 0.4) is 0 Å². The Bertz CT molecular complexity index is 734. The topological polar surface area (TPSA) is 68.0 Å². The van der Waals surface area contributed by atoms with Crippen LogP contribution in [0.5, 0.6) is 0 Å². The van der Waals surface area contributed by atoms with E-state index in [-0.39, 0.29) is 11.6 Å². The maximum Gasteiger partial charge on any atom is 0.338 e. The van der Waals surface area contributed by atoms with Gasteiger partial charge in [-0.2, -0.15) is 11.3 Å². The zero-order chi connectivity index (χ0) is 13.4. The lowest BCUT2D eigenvalue weighted by Gasteiger charge is -2.10. The second-order valence-electron chi connectivity index (χ2n) is 4.25. The number of benzene rings is 1. The Hall–Kier alpha value is -2.21. The zero-order valence-electron chi connectivity index (χ0n) is 10.1. The number of carboxylic acids is 1. The quantitative estimate of drug-likeness (QED) is 0.796. The van der Waals surface area contributed by atoms with Crippen LogP contribution >= 0.6 is 11.3 Å². The number of aromatic carboxylic acids is 1. The largest absolute Gasteiger partial charge is 0.478 e. The lowest BCUT2D eigenvalue weighted by atomic mass is 10.1. The lowest BCUT2D eigenvalue weighted by molar-refractivity contribution is 0.0699. The van der Waals surface area contributed by atoms with E-state index in [1.807, 2.05) is 24.4 Å². The van der Waals surface area contributed by atoms with E-state index in [0.717, 1.165) is 11.1 Å². The fourth-order valence-corrected chi connectivity index (χ4v) is 2.82. The van der Waals surface area contributed by atoms with Gasteiger partial charge in [-0.1, -0.05) is 11.3 Å². The minimum atomic E-state index is -0.985.